The topological polar surface area (TPSA) is 38.9 Å². The van der Waals surface area contributed by atoms with Crippen molar-refractivity contribution in [2.75, 3.05) is 13.1 Å². The van der Waals surface area contributed by atoms with Crippen molar-refractivity contribution >= 4 is 21.9 Å². The number of nitrogens with zero attached hydrogens (tertiary/aromatic N) is 5. The summed E-state index contributed by atoms with van der Waals surface area (Å²) in [5.74, 6) is 0.560. The van der Waals surface area contributed by atoms with Crippen LogP contribution in [0.1, 0.15) is 42.3 Å². The van der Waals surface area contributed by atoms with Crippen molar-refractivity contribution in [3.05, 3.63) is 83.7 Å². The van der Waals surface area contributed by atoms with Crippen LogP contribution in [0.2, 0.25) is 0 Å². The van der Waals surface area contributed by atoms with Crippen LogP contribution in [0.15, 0.2) is 66.7 Å². The molecule has 0 unspecified atom stereocenters. The van der Waals surface area contributed by atoms with Crippen LogP contribution >= 0.6 is 0 Å². The fourth-order valence-corrected chi connectivity index (χ4v) is 5.60. The van der Waals surface area contributed by atoms with Gasteiger partial charge in [0.15, 0.2) is 0 Å². The van der Waals surface area contributed by atoms with Crippen LogP contribution in [-0.4, -0.2) is 37.3 Å². The van der Waals surface area contributed by atoms with Gasteiger partial charge in [-0.15, -0.1) is 0 Å². The summed E-state index contributed by atoms with van der Waals surface area (Å²) in [6, 6.07) is 22.1. The highest BCUT2D eigenvalue weighted by atomic mass is 19.3. The summed E-state index contributed by atoms with van der Waals surface area (Å²) in [4.78, 5) is 7.01. The summed E-state index contributed by atoms with van der Waals surface area (Å²) in [6.45, 7) is 2.08. The van der Waals surface area contributed by atoms with Crippen LogP contribution in [0.3, 0.4) is 0 Å². The molecule has 0 radical (unpaired) electrons. The molecule has 0 saturated carbocycles. The molecule has 0 amide bonds. The summed E-state index contributed by atoms with van der Waals surface area (Å²) in [5.41, 5.74) is 6.90. The number of hydrogen-bond acceptors (Lipinski definition) is 3. The van der Waals surface area contributed by atoms with Crippen LogP contribution in [0.25, 0.3) is 33.2 Å². The van der Waals surface area contributed by atoms with Crippen LogP contribution in [0.5, 0.6) is 0 Å². The molecule has 1 aliphatic heterocycles. The molecule has 1 aliphatic rings. The molecule has 0 atom stereocenters. The van der Waals surface area contributed by atoms with Crippen molar-refractivity contribution in [1.29, 1.82) is 0 Å². The molecule has 1 fully saturated rings. The first kappa shape index (κ1) is 22.9. The molecule has 3 heterocycles. The summed E-state index contributed by atoms with van der Waals surface area (Å²) < 4.78 is 30.9. The highest BCUT2D eigenvalue weighted by Gasteiger charge is 2.28. The number of piperidine rings is 1. The molecule has 6 rings (SSSR count). The predicted octanol–water partition coefficient (Wildman–Crippen LogP) is 6.67. The zero-order valence-electron chi connectivity index (χ0n) is 20.5. The SMILES string of the molecule is Cc1ccccc1-c1nn(C)c2cc(CN3CCC(c4nc5ccccc5n4C(F)F)CC3)ccc12. The van der Waals surface area contributed by atoms with E-state index in [0.29, 0.717) is 16.9 Å². The van der Waals surface area contributed by atoms with E-state index in [0.717, 1.165) is 59.2 Å². The summed E-state index contributed by atoms with van der Waals surface area (Å²) >= 11 is 0. The van der Waals surface area contributed by atoms with E-state index in [1.165, 1.54) is 11.1 Å². The van der Waals surface area contributed by atoms with Gasteiger partial charge >= 0.3 is 6.55 Å². The number of para-hydroxylation sites is 2. The Labute approximate surface area is 209 Å². The maximum atomic E-state index is 13.9. The minimum atomic E-state index is -2.58. The molecule has 0 N–H and O–H groups in total. The average Bonchev–Trinajstić information content (AvgIpc) is 3.43. The van der Waals surface area contributed by atoms with Crippen LogP contribution < -0.4 is 0 Å². The second-order valence-corrected chi connectivity index (χ2v) is 9.80. The maximum absolute atomic E-state index is 13.9. The number of aryl methyl sites for hydroxylation is 2. The lowest BCUT2D eigenvalue weighted by Gasteiger charge is -2.32. The Morgan fingerprint density at radius 2 is 1.69 bits per heavy atom. The van der Waals surface area contributed by atoms with Gasteiger partial charge in [-0.25, -0.2) is 4.98 Å². The lowest BCUT2D eigenvalue weighted by Crippen LogP contribution is -2.33. The fraction of sp³-hybridized carbons (Fsp3) is 0.310. The molecule has 7 heteroatoms. The average molecular weight is 486 g/mol. The first-order valence-corrected chi connectivity index (χ1v) is 12.5. The standard InChI is InChI=1S/C29H29F2N5/c1-19-7-3-4-8-22(19)27-23-12-11-20(17-26(23)34(2)33-27)18-35-15-13-21(14-16-35)28-32-24-9-5-6-10-25(24)36(28)29(30)31/h3-12,17,21,29H,13-16,18H2,1-2H3. The van der Waals surface area contributed by atoms with Gasteiger partial charge < -0.3 is 0 Å². The van der Waals surface area contributed by atoms with E-state index in [4.69, 9.17) is 5.10 Å². The van der Waals surface area contributed by atoms with E-state index in [9.17, 15) is 8.78 Å². The molecule has 0 aliphatic carbocycles. The molecule has 0 bridgehead atoms. The number of rotatable bonds is 5. The summed E-state index contributed by atoms with van der Waals surface area (Å²) in [5, 5.41) is 5.98. The molecule has 184 valence electrons. The first-order chi connectivity index (χ1) is 17.5. The number of imidazole rings is 1. The fourth-order valence-electron chi connectivity index (χ4n) is 5.60. The van der Waals surface area contributed by atoms with Gasteiger partial charge in [-0.3, -0.25) is 14.1 Å². The third-order valence-electron chi connectivity index (χ3n) is 7.49. The number of fused-ring (bicyclic) bond motifs is 2. The predicted molar refractivity (Wildman–Crippen MR) is 139 cm³/mol. The van der Waals surface area contributed by atoms with Gasteiger partial charge in [0.25, 0.3) is 0 Å². The second kappa shape index (κ2) is 9.13. The van der Waals surface area contributed by atoms with Gasteiger partial charge in [0.05, 0.1) is 16.6 Å². The molecular weight excluding hydrogens is 456 g/mol. The minimum absolute atomic E-state index is 0.0406. The Hall–Kier alpha value is -3.58. The van der Waals surface area contributed by atoms with Gasteiger partial charge in [0.1, 0.15) is 11.5 Å². The van der Waals surface area contributed by atoms with Crippen molar-refractivity contribution < 1.29 is 8.78 Å². The van der Waals surface area contributed by atoms with Crippen LogP contribution in [0.4, 0.5) is 8.78 Å². The highest BCUT2D eigenvalue weighted by Crippen LogP contribution is 2.34. The summed E-state index contributed by atoms with van der Waals surface area (Å²) in [6.07, 6.45) is 1.64. The van der Waals surface area contributed by atoms with E-state index in [1.807, 2.05) is 23.9 Å². The van der Waals surface area contributed by atoms with Crippen molar-refractivity contribution in [3.63, 3.8) is 0 Å². The third kappa shape index (κ3) is 3.97. The van der Waals surface area contributed by atoms with Crippen molar-refractivity contribution in [2.24, 2.45) is 7.05 Å². The molecule has 1 saturated heterocycles. The second-order valence-electron chi connectivity index (χ2n) is 9.80. The van der Waals surface area contributed by atoms with Gasteiger partial charge in [-0.2, -0.15) is 13.9 Å². The van der Waals surface area contributed by atoms with Gasteiger partial charge in [0.2, 0.25) is 0 Å². The minimum Gasteiger partial charge on any atom is -0.299 e. The monoisotopic (exact) mass is 485 g/mol. The van der Waals surface area contributed by atoms with Gasteiger partial charge in [-0.05, 0) is 62.2 Å². The van der Waals surface area contributed by atoms with Gasteiger partial charge in [0, 0.05) is 30.5 Å². The van der Waals surface area contributed by atoms with Crippen LogP contribution in [-0.2, 0) is 13.6 Å². The van der Waals surface area contributed by atoms with E-state index in [2.05, 4.69) is 59.3 Å². The van der Waals surface area contributed by atoms with Crippen molar-refractivity contribution in [1.82, 2.24) is 24.2 Å². The molecule has 0 spiro atoms. The lowest BCUT2D eigenvalue weighted by molar-refractivity contribution is 0.0681. The Morgan fingerprint density at radius 3 is 2.47 bits per heavy atom. The van der Waals surface area contributed by atoms with Gasteiger partial charge in [-0.1, -0.05) is 48.5 Å². The number of halogens is 2. The quantitative estimate of drug-likeness (QED) is 0.279. The third-order valence-corrected chi connectivity index (χ3v) is 7.49. The van der Waals surface area contributed by atoms with Crippen molar-refractivity contribution in [3.8, 4) is 11.3 Å². The number of likely N-dealkylation sites (tertiary alicyclic amines) is 1. The van der Waals surface area contributed by atoms with Crippen molar-refractivity contribution in [2.45, 2.75) is 38.8 Å². The van der Waals surface area contributed by atoms with E-state index >= 15 is 0 Å². The summed E-state index contributed by atoms with van der Waals surface area (Å²) in [7, 11) is 1.99. The smallest absolute Gasteiger partial charge is 0.299 e. The Balaban J connectivity index is 1.19. The normalized spacial score (nSPS) is 15.5. The maximum Gasteiger partial charge on any atom is 0.320 e. The number of hydrogen-bond donors (Lipinski definition) is 0. The zero-order valence-corrected chi connectivity index (χ0v) is 20.5. The number of aromatic nitrogens is 4. The molecule has 5 aromatic rings. The van der Waals surface area contributed by atoms with E-state index in [-0.39, 0.29) is 5.92 Å². The zero-order chi connectivity index (χ0) is 24.8. The molecule has 36 heavy (non-hydrogen) atoms. The lowest BCUT2D eigenvalue weighted by atomic mass is 9.95. The largest absolute Gasteiger partial charge is 0.320 e. The van der Waals surface area contributed by atoms with E-state index in [1.54, 1.807) is 12.1 Å². The highest BCUT2D eigenvalue weighted by molar-refractivity contribution is 5.94. The first-order valence-electron chi connectivity index (χ1n) is 12.5. The van der Waals surface area contributed by atoms with Crippen LogP contribution in [0, 0.1) is 6.92 Å². The Kier molecular flexibility index (Phi) is 5.80. The molecular formula is C29H29F2N5. The number of alkyl halides is 2. The number of benzene rings is 3. The molecule has 2 aromatic heterocycles. The van der Waals surface area contributed by atoms with E-state index < -0.39 is 6.55 Å². The molecule has 3 aromatic carbocycles. The Morgan fingerprint density at radius 1 is 0.944 bits per heavy atom. The Bertz CT molecular complexity index is 1540. The molecule has 5 nitrogen and oxygen atoms in total.